The molecule has 25 heavy (non-hydrogen) atoms. The third-order valence-electron chi connectivity index (χ3n) is 5.17. The average molecular weight is 333 g/mol. The van der Waals surface area contributed by atoms with Crippen molar-refractivity contribution in [2.75, 3.05) is 29.4 Å². The van der Waals surface area contributed by atoms with Gasteiger partial charge in [0.05, 0.1) is 17.3 Å². The summed E-state index contributed by atoms with van der Waals surface area (Å²) in [5, 5.41) is 17.3. The number of carbonyl (C=O) groups excluding carboxylic acids is 1. The Labute approximate surface area is 146 Å². The molecule has 0 radical (unpaired) electrons. The summed E-state index contributed by atoms with van der Waals surface area (Å²) in [6.45, 7) is 4.36. The van der Waals surface area contributed by atoms with Crippen molar-refractivity contribution in [1.29, 1.82) is 5.26 Å². The van der Waals surface area contributed by atoms with E-state index in [1.165, 1.54) is 0 Å². The predicted molar refractivity (Wildman–Crippen MR) is 94.2 cm³/mol. The topological polar surface area (TPSA) is 73.1 Å². The smallest absolute Gasteiger partial charge is 0.227 e. The fourth-order valence-electron chi connectivity index (χ4n) is 3.81. The van der Waals surface area contributed by atoms with Gasteiger partial charge in [-0.15, -0.1) is 5.10 Å². The SMILES string of the molecule is Cc1ccc(N2CC[C@]3(CC(=O)N(c4ccc(C#N)cc4)C3)C2)nn1. The Bertz CT molecular complexity index is 840. The Kier molecular flexibility index (Phi) is 3.65. The van der Waals surface area contributed by atoms with Crippen LogP contribution in [0.1, 0.15) is 24.1 Å². The fraction of sp³-hybridized carbons (Fsp3) is 0.368. The zero-order valence-electron chi connectivity index (χ0n) is 14.1. The third kappa shape index (κ3) is 2.82. The van der Waals surface area contributed by atoms with Crippen LogP contribution in [0.5, 0.6) is 0 Å². The molecule has 0 aliphatic carbocycles. The van der Waals surface area contributed by atoms with Crippen molar-refractivity contribution >= 4 is 17.4 Å². The van der Waals surface area contributed by atoms with Crippen LogP contribution in [0.3, 0.4) is 0 Å². The number of anilines is 2. The van der Waals surface area contributed by atoms with Crippen molar-refractivity contribution in [3.8, 4) is 6.07 Å². The molecular formula is C19H19N5O. The molecule has 2 aliphatic heterocycles. The van der Waals surface area contributed by atoms with Gasteiger partial charge in [0, 0.05) is 37.2 Å². The monoisotopic (exact) mass is 333 g/mol. The molecule has 6 nitrogen and oxygen atoms in total. The van der Waals surface area contributed by atoms with Crippen molar-refractivity contribution in [3.63, 3.8) is 0 Å². The van der Waals surface area contributed by atoms with Gasteiger partial charge in [0.2, 0.25) is 5.91 Å². The molecule has 1 aromatic heterocycles. The van der Waals surface area contributed by atoms with Gasteiger partial charge in [-0.05, 0) is 49.7 Å². The van der Waals surface area contributed by atoms with Gasteiger partial charge in [0.15, 0.2) is 5.82 Å². The minimum atomic E-state index is -0.0302. The second-order valence-corrected chi connectivity index (χ2v) is 7.02. The number of rotatable bonds is 2. The van der Waals surface area contributed by atoms with Crippen molar-refractivity contribution in [1.82, 2.24) is 10.2 Å². The summed E-state index contributed by atoms with van der Waals surface area (Å²) in [7, 11) is 0. The van der Waals surface area contributed by atoms with E-state index in [-0.39, 0.29) is 11.3 Å². The summed E-state index contributed by atoms with van der Waals surface area (Å²) >= 11 is 0. The van der Waals surface area contributed by atoms with E-state index in [9.17, 15) is 4.79 Å². The quantitative estimate of drug-likeness (QED) is 0.843. The van der Waals surface area contributed by atoms with Crippen molar-refractivity contribution in [2.24, 2.45) is 5.41 Å². The summed E-state index contributed by atoms with van der Waals surface area (Å²) in [5.74, 6) is 1.04. The highest BCUT2D eigenvalue weighted by Crippen LogP contribution is 2.42. The highest BCUT2D eigenvalue weighted by Gasteiger charge is 2.48. The molecule has 1 aromatic carbocycles. The predicted octanol–water partition coefficient (Wildman–Crippen LogP) is 2.29. The Morgan fingerprint density at radius 1 is 1.12 bits per heavy atom. The normalized spacial score (nSPS) is 22.6. The minimum absolute atomic E-state index is 0.0302. The summed E-state index contributed by atoms with van der Waals surface area (Å²) in [4.78, 5) is 16.7. The number of benzene rings is 1. The highest BCUT2D eigenvalue weighted by molar-refractivity contribution is 5.96. The van der Waals surface area contributed by atoms with E-state index in [0.29, 0.717) is 18.5 Å². The maximum atomic E-state index is 12.6. The first-order chi connectivity index (χ1) is 12.1. The Morgan fingerprint density at radius 3 is 2.60 bits per heavy atom. The summed E-state index contributed by atoms with van der Waals surface area (Å²) in [6.07, 6.45) is 1.53. The van der Waals surface area contributed by atoms with E-state index >= 15 is 0 Å². The first-order valence-electron chi connectivity index (χ1n) is 8.44. The maximum Gasteiger partial charge on any atom is 0.227 e. The van der Waals surface area contributed by atoms with Crippen LogP contribution >= 0.6 is 0 Å². The zero-order chi connectivity index (χ0) is 17.4. The maximum absolute atomic E-state index is 12.6. The van der Waals surface area contributed by atoms with Gasteiger partial charge in [-0.2, -0.15) is 10.4 Å². The number of hydrogen-bond donors (Lipinski definition) is 0. The number of aryl methyl sites for hydroxylation is 1. The van der Waals surface area contributed by atoms with E-state index < -0.39 is 0 Å². The molecule has 126 valence electrons. The molecule has 0 bridgehead atoms. The van der Waals surface area contributed by atoms with Gasteiger partial charge >= 0.3 is 0 Å². The number of amides is 1. The molecular weight excluding hydrogens is 314 g/mol. The molecule has 3 heterocycles. The van der Waals surface area contributed by atoms with Gasteiger partial charge < -0.3 is 9.80 Å². The standard InChI is InChI=1S/C19H19N5O/c1-14-2-7-17(22-21-14)23-9-8-19(12-23)10-18(25)24(13-19)16-5-3-15(11-20)4-6-16/h2-7H,8-10,12-13H2,1H3/t19-/m0/s1. The summed E-state index contributed by atoms with van der Waals surface area (Å²) in [6, 6.07) is 13.3. The largest absolute Gasteiger partial charge is 0.354 e. The van der Waals surface area contributed by atoms with Gasteiger partial charge in [0.25, 0.3) is 0 Å². The second-order valence-electron chi connectivity index (χ2n) is 7.02. The molecule has 0 unspecified atom stereocenters. The second kappa shape index (κ2) is 5.85. The molecule has 2 saturated heterocycles. The Hall–Kier alpha value is -2.94. The summed E-state index contributed by atoms with van der Waals surface area (Å²) < 4.78 is 0. The van der Waals surface area contributed by atoms with E-state index in [2.05, 4.69) is 21.2 Å². The highest BCUT2D eigenvalue weighted by atomic mass is 16.2. The van der Waals surface area contributed by atoms with Crippen LogP contribution in [0.2, 0.25) is 0 Å². The molecule has 0 saturated carbocycles. The molecule has 2 aliphatic rings. The molecule has 6 heteroatoms. The van der Waals surface area contributed by atoms with Crippen molar-refractivity contribution < 1.29 is 4.79 Å². The molecule has 1 amide bonds. The van der Waals surface area contributed by atoms with Crippen molar-refractivity contribution in [3.05, 3.63) is 47.7 Å². The number of nitrogens with zero attached hydrogens (tertiary/aromatic N) is 5. The first kappa shape index (κ1) is 15.6. The number of hydrogen-bond acceptors (Lipinski definition) is 5. The van der Waals surface area contributed by atoms with E-state index in [1.54, 1.807) is 12.1 Å². The van der Waals surface area contributed by atoms with Crippen LogP contribution in [-0.2, 0) is 4.79 Å². The van der Waals surface area contributed by atoms with Crippen LogP contribution in [0, 0.1) is 23.7 Å². The lowest BCUT2D eigenvalue weighted by molar-refractivity contribution is -0.117. The van der Waals surface area contributed by atoms with Crippen LogP contribution < -0.4 is 9.80 Å². The molecule has 2 fully saturated rings. The number of carbonyl (C=O) groups is 1. The van der Waals surface area contributed by atoms with Gasteiger partial charge in [0.1, 0.15) is 0 Å². The summed E-state index contributed by atoms with van der Waals surface area (Å²) in [5.41, 5.74) is 2.35. The molecule has 0 N–H and O–H groups in total. The van der Waals surface area contributed by atoms with Crippen LogP contribution in [0.25, 0.3) is 0 Å². The van der Waals surface area contributed by atoms with Gasteiger partial charge in [-0.25, -0.2) is 0 Å². The van der Waals surface area contributed by atoms with E-state index in [1.807, 2.05) is 36.1 Å². The van der Waals surface area contributed by atoms with Crippen LogP contribution in [-0.4, -0.2) is 35.7 Å². The molecule has 1 atom stereocenters. The lowest BCUT2D eigenvalue weighted by atomic mass is 9.86. The van der Waals surface area contributed by atoms with E-state index in [0.717, 1.165) is 36.7 Å². The van der Waals surface area contributed by atoms with Crippen molar-refractivity contribution in [2.45, 2.75) is 19.8 Å². The third-order valence-corrected chi connectivity index (χ3v) is 5.17. The average Bonchev–Trinajstić information content (AvgIpc) is 3.19. The Balaban J connectivity index is 1.51. The zero-order valence-corrected chi connectivity index (χ0v) is 14.1. The molecule has 2 aromatic rings. The lowest BCUT2D eigenvalue weighted by Gasteiger charge is -2.24. The fourth-order valence-corrected chi connectivity index (χ4v) is 3.81. The number of nitriles is 1. The number of aromatic nitrogens is 2. The lowest BCUT2D eigenvalue weighted by Crippen LogP contribution is -2.31. The minimum Gasteiger partial charge on any atom is -0.354 e. The molecule has 4 rings (SSSR count). The molecule has 1 spiro atoms. The Morgan fingerprint density at radius 2 is 1.92 bits per heavy atom. The van der Waals surface area contributed by atoms with Crippen LogP contribution in [0.4, 0.5) is 11.5 Å². The van der Waals surface area contributed by atoms with Crippen LogP contribution in [0.15, 0.2) is 36.4 Å². The van der Waals surface area contributed by atoms with Gasteiger partial charge in [-0.1, -0.05) is 0 Å². The first-order valence-corrected chi connectivity index (χ1v) is 8.44. The van der Waals surface area contributed by atoms with E-state index in [4.69, 9.17) is 5.26 Å². The van der Waals surface area contributed by atoms with Gasteiger partial charge in [-0.3, -0.25) is 4.79 Å².